The number of esters is 1. The van der Waals surface area contributed by atoms with E-state index < -0.39 is 40.8 Å². The number of unbranched alkanes of at least 4 members (excludes halogenated alkanes) is 4. The van der Waals surface area contributed by atoms with E-state index in [1.807, 2.05) is 0 Å². The molecule has 0 saturated carbocycles. The van der Waals surface area contributed by atoms with Crippen LogP contribution in [0.5, 0.6) is 11.5 Å². The van der Waals surface area contributed by atoms with Crippen LogP contribution in [0.25, 0.3) is 10.8 Å². The maximum Gasteiger partial charge on any atom is 0.343 e. The van der Waals surface area contributed by atoms with Gasteiger partial charge in [0.2, 0.25) is 34.8 Å². The molecule has 0 atom stereocenters. The fourth-order valence-electron chi connectivity index (χ4n) is 3.16. The van der Waals surface area contributed by atoms with Gasteiger partial charge in [0.1, 0.15) is 5.75 Å². The Labute approximate surface area is 181 Å². The Bertz CT molecular complexity index is 1100. The van der Waals surface area contributed by atoms with Crippen molar-refractivity contribution in [1.82, 2.24) is 0 Å². The zero-order chi connectivity index (χ0) is 23.3. The quantitative estimate of drug-likeness (QED) is 0.0867. The summed E-state index contributed by atoms with van der Waals surface area (Å²) in [5.41, 5.74) is -0.119. The van der Waals surface area contributed by atoms with Crippen LogP contribution in [0.4, 0.5) is 22.0 Å². The highest BCUT2D eigenvalue weighted by Gasteiger charge is 2.28. The minimum Gasteiger partial charge on any atom is -0.494 e. The van der Waals surface area contributed by atoms with Crippen LogP contribution in [-0.4, -0.2) is 12.6 Å². The van der Waals surface area contributed by atoms with Gasteiger partial charge in [-0.05, 0) is 41.5 Å². The Kier molecular flexibility index (Phi) is 7.66. The molecule has 32 heavy (non-hydrogen) atoms. The molecule has 0 amide bonds. The van der Waals surface area contributed by atoms with Crippen molar-refractivity contribution >= 4 is 16.7 Å². The van der Waals surface area contributed by atoms with Crippen molar-refractivity contribution < 1.29 is 36.2 Å². The largest absolute Gasteiger partial charge is 0.494 e. The maximum absolute atomic E-state index is 13.8. The van der Waals surface area contributed by atoms with Gasteiger partial charge in [-0.15, -0.1) is 0 Å². The average molecular weight is 452 g/mol. The van der Waals surface area contributed by atoms with Crippen LogP contribution >= 0.6 is 0 Å². The normalized spacial score (nSPS) is 11.1. The first kappa shape index (κ1) is 23.5. The number of halogens is 5. The van der Waals surface area contributed by atoms with E-state index in [4.69, 9.17) is 4.74 Å². The highest BCUT2D eigenvalue weighted by atomic mass is 19.2. The highest BCUT2D eigenvalue weighted by molar-refractivity contribution is 5.96. The number of benzene rings is 3. The highest BCUT2D eigenvalue weighted by Crippen LogP contribution is 2.30. The molecule has 0 heterocycles. The molecule has 8 heteroatoms. The topological polar surface area (TPSA) is 35.5 Å². The summed E-state index contributed by atoms with van der Waals surface area (Å²) in [7, 11) is 0. The summed E-state index contributed by atoms with van der Waals surface area (Å²) in [6.07, 6.45) is 5.57. The number of carbonyl (C=O) groups excluding carboxylic acids is 1. The molecule has 0 aliphatic carbocycles. The molecule has 0 radical (unpaired) electrons. The number of hydrogen-bond acceptors (Lipinski definition) is 3. The number of hydrogen-bond donors (Lipinski definition) is 0. The van der Waals surface area contributed by atoms with E-state index in [1.165, 1.54) is 31.4 Å². The number of fused-ring (bicyclic) bond motifs is 1. The second-order valence-corrected chi connectivity index (χ2v) is 7.27. The van der Waals surface area contributed by atoms with E-state index >= 15 is 0 Å². The standard InChI is InChI=1S/C24H21F5O3/c1-2-3-4-5-6-11-31-17-10-9-14-12-16(8-7-15(14)13-17)24(30)32-23-21(28)19(26)18(25)20(27)22(23)29/h7-10,12-13H,2-6,11H2,1H3. The molecular weight excluding hydrogens is 431 g/mol. The molecule has 0 aromatic heterocycles. The summed E-state index contributed by atoms with van der Waals surface area (Å²) < 4.78 is 77.5. The molecule has 0 aliphatic heterocycles. The van der Waals surface area contributed by atoms with E-state index in [-0.39, 0.29) is 5.56 Å². The van der Waals surface area contributed by atoms with Gasteiger partial charge in [0.25, 0.3) is 0 Å². The van der Waals surface area contributed by atoms with Crippen molar-refractivity contribution in [3.8, 4) is 11.5 Å². The van der Waals surface area contributed by atoms with Gasteiger partial charge in [-0.3, -0.25) is 0 Å². The van der Waals surface area contributed by atoms with Crippen molar-refractivity contribution in [2.45, 2.75) is 39.0 Å². The van der Waals surface area contributed by atoms with Crippen molar-refractivity contribution in [3.63, 3.8) is 0 Å². The Morgan fingerprint density at radius 2 is 1.34 bits per heavy atom. The van der Waals surface area contributed by atoms with E-state index in [2.05, 4.69) is 11.7 Å². The minimum atomic E-state index is -2.33. The molecule has 0 fully saturated rings. The summed E-state index contributed by atoms with van der Waals surface area (Å²) >= 11 is 0. The molecule has 3 aromatic carbocycles. The van der Waals surface area contributed by atoms with E-state index in [1.54, 1.807) is 24.3 Å². The first-order valence-electron chi connectivity index (χ1n) is 10.2. The molecular formula is C24H21F5O3. The molecule has 0 saturated heterocycles. The second kappa shape index (κ2) is 10.4. The lowest BCUT2D eigenvalue weighted by Gasteiger charge is -2.10. The predicted molar refractivity (Wildman–Crippen MR) is 109 cm³/mol. The lowest BCUT2D eigenvalue weighted by atomic mass is 10.1. The monoisotopic (exact) mass is 452 g/mol. The number of ether oxygens (including phenoxy) is 2. The van der Waals surface area contributed by atoms with E-state index in [0.717, 1.165) is 18.2 Å². The molecule has 0 N–H and O–H groups in total. The number of carbonyl (C=O) groups is 1. The fraction of sp³-hybridized carbons (Fsp3) is 0.292. The van der Waals surface area contributed by atoms with Crippen molar-refractivity contribution in [1.29, 1.82) is 0 Å². The number of rotatable bonds is 9. The van der Waals surface area contributed by atoms with Gasteiger partial charge in [-0.25, -0.2) is 18.0 Å². The lowest BCUT2D eigenvalue weighted by Crippen LogP contribution is -2.13. The van der Waals surface area contributed by atoms with E-state index in [0.29, 0.717) is 17.7 Å². The molecule has 0 spiro atoms. The third kappa shape index (κ3) is 5.18. The van der Waals surface area contributed by atoms with Crippen LogP contribution in [0.3, 0.4) is 0 Å². The predicted octanol–water partition coefficient (Wildman–Crippen LogP) is 7.10. The molecule has 170 valence electrons. The first-order chi connectivity index (χ1) is 15.3. The molecule has 3 aromatic rings. The van der Waals surface area contributed by atoms with Gasteiger partial charge in [0.05, 0.1) is 12.2 Å². The van der Waals surface area contributed by atoms with Crippen LogP contribution in [0, 0.1) is 29.1 Å². The second-order valence-electron chi connectivity index (χ2n) is 7.27. The van der Waals surface area contributed by atoms with Crippen molar-refractivity contribution in [2.75, 3.05) is 6.61 Å². The Morgan fingerprint density at radius 3 is 2.03 bits per heavy atom. The fourth-order valence-corrected chi connectivity index (χ4v) is 3.16. The molecule has 0 unspecified atom stereocenters. The summed E-state index contributed by atoms with van der Waals surface area (Å²) in [6, 6.07) is 9.47. The molecule has 0 aliphatic rings. The first-order valence-corrected chi connectivity index (χ1v) is 10.2. The van der Waals surface area contributed by atoms with E-state index in [9.17, 15) is 26.7 Å². The van der Waals surface area contributed by atoms with Gasteiger partial charge in [-0.2, -0.15) is 8.78 Å². The zero-order valence-electron chi connectivity index (χ0n) is 17.3. The SMILES string of the molecule is CCCCCCCOc1ccc2cc(C(=O)Oc3c(F)c(F)c(F)c(F)c3F)ccc2c1. The van der Waals surface area contributed by atoms with Crippen LogP contribution in [0.1, 0.15) is 49.4 Å². The Hall–Kier alpha value is -3.16. The average Bonchev–Trinajstić information content (AvgIpc) is 2.81. The lowest BCUT2D eigenvalue weighted by molar-refractivity contribution is 0.0716. The van der Waals surface area contributed by atoms with Crippen molar-refractivity contribution in [2.24, 2.45) is 0 Å². The van der Waals surface area contributed by atoms with Crippen LogP contribution in [-0.2, 0) is 0 Å². The summed E-state index contributed by atoms with van der Waals surface area (Å²) in [4.78, 5) is 12.3. The third-order valence-electron chi connectivity index (χ3n) is 4.93. The van der Waals surface area contributed by atoms with Gasteiger partial charge < -0.3 is 9.47 Å². The minimum absolute atomic E-state index is 0.119. The third-order valence-corrected chi connectivity index (χ3v) is 4.93. The summed E-state index contributed by atoms with van der Waals surface area (Å²) in [6.45, 7) is 2.73. The maximum atomic E-state index is 13.8. The van der Waals surface area contributed by atoms with Gasteiger partial charge in [0.15, 0.2) is 0 Å². The van der Waals surface area contributed by atoms with Gasteiger partial charge in [-0.1, -0.05) is 44.7 Å². The molecule has 3 nitrogen and oxygen atoms in total. The smallest absolute Gasteiger partial charge is 0.343 e. The van der Waals surface area contributed by atoms with Crippen LogP contribution in [0.15, 0.2) is 36.4 Å². The molecule has 0 bridgehead atoms. The van der Waals surface area contributed by atoms with Gasteiger partial charge in [0, 0.05) is 0 Å². The Balaban J connectivity index is 1.72. The van der Waals surface area contributed by atoms with Gasteiger partial charge >= 0.3 is 5.97 Å². The van der Waals surface area contributed by atoms with Crippen LogP contribution in [0.2, 0.25) is 0 Å². The zero-order valence-corrected chi connectivity index (χ0v) is 17.3. The molecule has 3 rings (SSSR count). The van der Waals surface area contributed by atoms with Crippen LogP contribution < -0.4 is 9.47 Å². The summed E-state index contributed by atoms with van der Waals surface area (Å²) in [5, 5.41) is 1.34. The Morgan fingerprint density at radius 1 is 0.750 bits per heavy atom. The summed E-state index contributed by atoms with van der Waals surface area (Å²) in [5.74, 6) is -13.4. The van der Waals surface area contributed by atoms with Crippen molar-refractivity contribution in [3.05, 3.63) is 71.0 Å².